The lowest BCUT2D eigenvalue weighted by molar-refractivity contribution is -0.385. The highest BCUT2D eigenvalue weighted by Gasteiger charge is 2.12. The van der Waals surface area contributed by atoms with Crippen LogP contribution in [0.1, 0.15) is 17.1 Å². The van der Waals surface area contributed by atoms with Gasteiger partial charge >= 0.3 is 0 Å². The van der Waals surface area contributed by atoms with E-state index in [2.05, 4.69) is 20.3 Å². The van der Waals surface area contributed by atoms with E-state index in [0.717, 1.165) is 11.9 Å². The molecule has 0 fully saturated rings. The quantitative estimate of drug-likeness (QED) is 0.661. The van der Waals surface area contributed by atoms with Crippen LogP contribution in [0.4, 0.5) is 11.5 Å². The van der Waals surface area contributed by atoms with E-state index in [1.807, 2.05) is 6.07 Å². The SMILES string of the molecule is Cc1nccc(CNc2ncc([N+](=O)[O-])cc2C#N)n1. The highest BCUT2D eigenvalue weighted by molar-refractivity contribution is 5.55. The Hall–Kier alpha value is -3.08. The number of pyridine rings is 1. The Morgan fingerprint density at radius 3 is 2.95 bits per heavy atom. The molecule has 2 aromatic rings. The largest absolute Gasteiger partial charge is 0.363 e. The standard InChI is InChI=1S/C12H10N6O2/c1-8-14-3-2-10(17-8)6-15-12-9(5-13)4-11(7-16-12)18(19)20/h2-4,7H,6H2,1H3,(H,15,16). The molecule has 0 aliphatic rings. The summed E-state index contributed by atoms with van der Waals surface area (Å²) in [6.07, 6.45) is 2.74. The van der Waals surface area contributed by atoms with Gasteiger partial charge in [0.1, 0.15) is 29.5 Å². The third kappa shape index (κ3) is 3.02. The summed E-state index contributed by atoms with van der Waals surface area (Å²) in [5.74, 6) is 0.927. The summed E-state index contributed by atoms with van der Waals surface area (Å²) in [7, 11) is 0. The second-order valence-corrected chi connectivity index (χ2v) is 3.91. The van der Waals surface area contributed by atoms with Crippen molar-refractivity contribution in [3.8, 4) is 6.07 Å². The maximum Gasteiger partial charge on any atom is 0.289 e. The number of rotatable bonds is 4. The van der Waals surface area contributed by atoms with Gasteiger partial charge in [-0.05, 0) is 13.0 Å². The third-order valence-corrected chi connectivity index (χ3v) is 2.48. The summed E-state index contributed by atoms with van der Waals surface area (Å²) < 4.78 is 0. The molecular formula is C12H10N6O2. The topological polar surface area (TPSA) is 118 Å². The molecule has 0 atom stereocenters. The second-order valence-electron chi connectivity index (χ2n) is 3.91. The van der Waals surface area contributed by atoms with Crippen LogP contribution in [0.25, 0.3) is 0 Å². The van der Waals surface area contributed by atoms with Gasteiger partial charge in [0.15, 0.2) is 0 Å². The molecule has 0 saturated heterocycles. The predicted molar refractivity (Wildman–Crippen MR) is 69.7 cm³/mol. The van der Waals surface area contributed by atoms with Crippen LogP contribution >= 0.6 is 0 Å². The number of nitro groups is 1. The highest BCUT2D eigenvalue weighted by Crippen LogP contribution is 2.18. The van der Waals surface area contributed by atoms with E-state index in [0.29, 0.717) is 12.4 Å². The fraction of sp³-hybridized carbons (Fsp3) is 0.167. The number of aryl methyl sites for hydroxylation is 1. The van der Waals surface area contributed by atoms with Gasteiger partial charge in [0, 0.05) is 12.3 Å². The summed E-state index contributed by atoms with van der Waals surface area (Å²) in [5, 5.41) is 22.5. The lowest BCUT2D eigenvalue weighted by atomic mass is 10.2. The van der Waals surface area contributed by atoms with Crippen molar-refractivity contribution in [2.45, 2.75) is 13.5 Å². The Bertz CT molecular complexity index is 695. The van der Waals surface area contributed by atoms with E-state index in [1.165, 1.54) is 6.07 Å². The van der Waals surface area contributed by atoms with Crippen LogP contribution in [-0.2, 0) is 6.54 Å². The van der Waals surface area contributed by atoms with Crippen molar-refractivity contribution in [3.05, 3.63) is 51.7 Å². The van der Waals surface area contributed by atoms with Crippen LogP contribution in [0.3, 0.4) is 0 Å². The van der Waals surface area contributed by atoms with E-state index in [9.17, 15) is 10.1 Å². The van der Waals surface area contributed by atoms with Crippen LogP contribution in [0.2, 0.25) is 0 Å². The van der Waals surface area contributed by atoms with Gasteiger partial charge in [0.25, 0.3) is 5.69 Å². The summed E-state index contributed by atoms with van der Waals surface area (Å²) >= 11 is 0. The zero-order valence-electron chi connectivity index (χ0n) is 10.6. The number of hydrogen-bond donors (Lipinski definition) is 1. The van der Waals surface area contributed by atoms with Crippen molar-refractivity contribution < 1.29 is 4.92 Å². The smallest absolute Gasteiger partial charge is 0.289 e. The fourth-order valence-electron chi connectivity index (χ4n) is 1.56. The zero-order chi connectivity index (χ0) is 14.5. The number of aromatic nitrogens is 3. The molecular weight excluding hydrogens is 260 g/mol. The maximum atomic E-state index is 10.6. The molecule has 0 aromatic carbocycles. The van der Waals surface area contributed by atoms with Crippen LogP contribution < -0.4 is 5.32 Å². The Balaban J connectivity index is 2.18. The normalized spacial score (nSPS) is 9.80. The van der Waals surface area contributed by atoms with Crippen LogP contribution in [0.5, 0.6) is 0 Å². The van der Waals surface area contributed by atoms with Crippen LogP contribution in [0, 0.1) is 28.4 Å². The molecule has 2 heterocycles. The van der Waals surface area contributed by atoms with Gasteiger partial charge in [-0.3, -0.25) is 10.1 Å². The van der Waals surface area contributed by atoms with Gasteiger partial charge in [-0.2, -0.15) is 5.26 Å². The van der Waals surface area contributed by atoms with E-state index in [4.69, 9.17) is 5.26 Å². The first-order valence-electron chi connectivity index (χ1n) is 5.67. The minimum atomic E-state index is -0.592. The minimum Gasteiger partial charge on any atom is -0.363 e. The molecule has 0 unspecified atom stereocenters. The lowest BCUT2D eigenvalue weighted by Gasteiger charge is -2.06. The lowest BCUT2D eigenvalue weighted by Crippen LogP contribution is -2.06. The Morgan fingerprint density at radius 2 is 2.30 bits per heavy atom. The Labute approximate surface area is 114 Å². The minimum absolute atomic E-state index is 0.116. The number of hydrogen-bond acceptors (Lipinski definition) is 7. The molecule has 8 nitrogen and oxygen atoms in total. The molecule has 1 N–H and O–H groups in total. The molecule has 0 radical (unpaired) electrons. The van der Waals surface area contributed by atoms with E-state index < -0.39 is 4.92 Å². The Kier molecular flexibility index (Phi) is 3.81. The molecule has 0 spiro atoms. The third-order valence-electron chi connectivity index (χ3n) is 2.48. The monoisotopic (exact) mass is 270 g/mol. The maximum absolute atomic E-state index is 10.6. The first-order chi connectivity index (χ1) is 9.60. The van der Waals surface area contributed by atoms with Crippen LogP contribution in [0.15, 0.2) is 24.5 Å². The van der Waals surface area contributed by atoms with Crippen molar-refractivity contribution in [3.63, 3.8) is 0 Å². The van der Waals surface area contributed by atoms with Gasteiger partial charge in [-0.1, -0.05) is 0 Å². The van der Waals surface area contributed by atoms with Crippen molar-refractivity contribution in [2.75, 3.05) is 5.32 Å². The molecule has 0 amide bonds. The molecule has 100 valence electrons. The number of nitrogens with one attached hydrogen (secondary N) is 1. The average Bonchev–Trinajstić information content (AvgIpc) is 2.45. The molecule has 2 rings (SSSR count). The Morgan fingerprint density at radius 1 is 1.50 bits per heavy atom. The van der Waals surface area contributed by atoms with Gasteiger partial charge in [0.05, 0.1) is 17.2 Å². The number of anilines is 1. The second kappa shape index (κ2) is 5.71. The van der Waals surface area contributed by atoms with Crippen molar-refractivity contribution in [2.24, 2.45) is 0 Å². The van der Waals surface area contributed by atoms with Gasteiger partial charge < -0.3 is 5.32 Å². The molecule has 0 aliphatic heterocycles. The van der Waals surface area contributed by atoms with Gasteiger partial charge in [-0.25, -0.2) is 15.0 Å². The molecule has 2 aromatic heterocycles. The zero-order valence-corrected chi connectivity index (χ0v) is 10.6. The van der Waals surface area contributed by atoms with Crippen molar-refractivity contribution in [1.29, 1.82) is 5.26 Å². The van der Waals surface area contributed by atoms with E-state index in [1.54, 1.807) is 19.2 Å². The average molecular weight is 270 g/mol. The van der Waals surface area contributed by atoms with Crippen molar-refractivity contribution >= 4 is 11.5 Å². The van der Waals surface area contributed by atoms with Gasteiger partial charge in [-0.15, -0.1) is 0 Å². The van der Waals surface area contributed by atoms with Crippen LogP contribution in [-0.4, -0.2) is 19.9 Å². The first kappa shape index (κ1) is 13.4. The van der Waals surface area contributed by atoms with Gasteiger partial charge in [0.2, 0.25) is 0 Å². The summed E-state index contributed by atoms with van der Waals surface area (Å²) in [6.45, 7) is 2.12. The van der Waals surface area contributed by atoms with E-state index >= 15 is 0 Å². The molecule has 8 heteroatoms. The number of nitrogens with zero attached hydrogens (tertiary/aromatic N) is 5. The first-order valence-corrected chi connectivity index (χ1v) is 5.67. The summed E-state index contributed by atoms with van der Waals surface area (Å²) in [5.41, 5.74) is 0.636. The molecule has 0 bridgehead atoms. The molecule has 0 aliphatic carbocycles. The highest BCUT2D eigenvalue weighted by atomic mass is 16.6. The fourth-order valence-corrected chi connectivity index (χ4v) is 1.56. The summed E-state index contributed by atoms with van der Waals surface area (Å²) in [4.78, 5) is 22.1. The molecule has 20 heavy (non-hydrogen) atoms. The predicted octanol–water partition coefficient (Wildman–Crippen LogP) is 1.57. The van der Waals surface area contributed by atoms with Crippen molar-refractivity contribution in [1.82, 2.24) is 15.0 Å². The number of nitriles is 1. The summed E-state index contributed by atoms with van der Waals surface area (Å²) in [6, 6.07) is 4.79. The molecule has 0 saturated carbocycles. The van der Waals surface area contributed by atoms with E-state index in [-0.39, 0.29) is 17.1 Å².